The molecule has 0 bridgehead atoms. The maximum atomic E-state index is 12.9. The minimum atomic E-state index is -0.130. The molecule has 0 atom stereocenters. The van der Waals surface area contributed by atoms with Crippen molar-refractivity contribution in [1.29, 1.82) is 0 Å². The molecular weight excluding hydrogens is 404 g/mol. The lowest BCUT2D eigenvalue weighted by Gasteiger charge is -2.12. The first-order valence-corrected chi connectivity index (χ1v) is 11.5. The quantitative estimate of drug-likeness (QED) is 0.414. The monoisotopic (exact) mass is 428 g/mol. The van der Waals surface area contributed by atoms with E-state index in [-0.39, 0.29) is 11.3 Å². The summed E-state index contributed by atoms with van der Waals surface area (Å²) in [6.07, 6.45) is 9.96. The summed E-state index contributed by atoms with van der Waals surface area (Å²) in [5.41, 5.74) is 4.39. The molecule has 1 aromatic carbocycles. The van der Waals surface area contributed by atoms with Crippen molar-refractivity contribution in [3.63, 3.8) is 0 Å². The van der Waals surface area contributed by atoms with Gasteiger partial charge in [-0.15, -0.1) is 11.3 Å². The number of amides is 1. The number of nitrogens with zero attached hydrogens (tertiary/aromatic N) is 3. The maximum absolute atomic E-state index is 12.9. The van der Waals surface area contributed by atoms with E-state index in [1.165, 1.54) is 29.7 Å². The molecule has 1 fully saturated rings. The van der Waals surface area contributed by atoms with Crippen LogP contribution >= 0.6 is 11.3 Å². The normalized spacial score (nSPS) is 14.3. The van der Waals surface area contributed by atoms with Crippen molar-refractivity contribution in [2.45, 2.75) is 37.6 Å². The molecule has 4 aromatic rings. The average Bonchev–Trinajstić information content (AvgIpc) is 3.20. The molecule has 1 amide bonds. The van der Waals surface area contributed by atoms with Crippen LogP contribution < -0.4 is 5.32 Å². The largest absolute Gasteiger partial charge is 0.339 e. The molecule has 0 unspecified atom stereocenters. The zero-order valence-corrected chi connectivity index (χ0v) is 18.0. The molecule has 6 heteroatoms. The zero-order chi connectivity index (χ0) is 21.1. The molecule has 0 radical (unpaired) electrons. The van der Waals surface area contributed by atoms with E-state index in [0.29, 0.717) is 17.4 Å². The Hall–Kier alpha value is -3.25. The number of rotatable bonds is 8. The van der Waals surface area contributed by atoms with E-state index < -0.39 is 0 Å². The highest BCUT2D eigenvalue weighted by Gasteiger charge is 2.45. The van der Waals surface area contributed by atoms with Crippen molar-refractivity contribution < 1.29 is 4.79 Å². The lowest BCUT2D eigenvalue weighted by Crippen LogP contribution is -2.17. The second-order valence-corrected chi connectivity index (χ2v) is 8.99. The predicted octanol–water partition coefficient (Wildman–Crippen LogP) is 5.30. The number of thiazole rings is 1. The first-order chi connectivity index (χ1) is 15.2. The van der Waals surface area contributed by atoms with Crippen LogP contribution in [0.3, 0.4) is 0 Å². The van der Waals surface area contributed by atoms with Crippen LogP contribution in [0, 0.1) is 0 Å². The average molecular weight is 429 g/mol. The third kappa shape index (κ3) is 4.44. The summed E-state index contributed by atoms with van der Waals surface area (Å²) < 4.78 is 1.95. The molecule has 1 N–H and O–H groups in total. The van der Waals surface area contributed by atoms with Crippen LogP contribution in [0.15, 0.2) is 78.6 Å². The highest BCUT2D eigenvalue weighted by Crippen LogP contribution is 2.52. The molecule has 0 aliphatic heterocycles. The van der Waals surface area contributed by atoms with Crippen LogP contribution in [0.1, 0.15) is 46.6 Å². The zero-order valence-electron chi connectivity index (χ0n) is 17.2. The van der Waals surface area contributed by atoms with Crippen molar-refractivity contribution in [3.05, 3.63) is 101 Å². The summed E-state index contributed by atoms with van der Waals surface area (Å²) in [5, 5.41) is 5.78. The Morgan fingerprint density at radius 2 is 1.84 bits per heavy atom. The van der Waals surface area contributed by atoms with Gasteiger partial charge >= 0.3 is 0 Å². The van der Waals surface area contributed by atoms with Crippen LogP contribution in [-0.4, -0.2) is 20.4 Å². The van der Waals surface area contributed by atoms with Gasteiger partial charge < -0.3 is 4.57 Å². The van der Waals surface area contributed by atoms with Gasteiger partial charge in [-0.3, -0.25) is 15.1 Å². The van der Waals surface area contributed by atoms with E-state index in [2.05, 4.69) is 46.0 Å². The maximum Gasteiger partial charge on any atom is 0.274 e. The molecular formula is C25H24N4OS. The lowest BCUT2D eigenvalue weighted by molar-refractivity contribution is 0.101. The van der Waals surface area contributed by atoms with Crippen LogP contribution in [0.2, 0.25) is 0 Å². The number of nitrogens with one attached hydrogen (secondary N) is 1. The van der Waals surface area contributed by atoms with Gasteiger partial charge in [0.1, 0.15) is 5.69 Å². The Bertz CT molecular complexity index is 1160. The van der Waals surface area contributed by atoms with Gasteiger partial charge in [0.15, 0.2) is 5.13 Å². The van der Waals surface area contributed by atoms with E-state index in [9.17, 15) is 4.79 Å². The summed E-state index contributed by atoms with van der Waals surface area (Å²) >= 11 is 1.51. The van der Waals surface area contributed by atoms with Gasteiger partial charge in [-0.1, -0.05) is 30.3 Å². The SMILES string of the molecule is O=C(Nc1nc(C2(CCc3ccccc3)CC2)cs1)c1cccn1Cc1ccncc1. The number of hydrogen-bond donors (Lipinski definition) is 1. The van der Waals surface area contributed by atoms with E-state index in [0.717, 1.165) is 24.1 Å². The number of aryl methyl sites for hydroxylation is 1. The van der Waals surface area contributed by atoms with Crippen LogP contribution in [0.25, 0.3) is 0 Å². The van der Waals surface area contributed by atoms with Crippen molar-refractivity contribution in [3.8, 4) is 0 Å². The molecule has 1 aliphatic carbocycles. The summed E-state index contributed by atoms with van der Waals surface area (Å²) in [7, 11) is 0. The molecule has 5 rings (SSSR count). The van der Waals surface area contributed by atoms with Crippen molar-refractivity contribution >= 4 is 22.4 Å². The minimum Gasteiger partial charge on any atom is -0.339 e. The molecule has 1 saturated carbocycles. The molecule has 5 nitrogen and oxygen atoms in total. The van der Waals surface area contributed by atoms with Gasteiger partial charge in [0, 0.05) is 35.9 Å². The van der Waals surface area contributed by atoms with Crippen LogP contribution in [0.4, 0.5) is 5.13 Å². The number of carbonyl (C=O) groups is 1. The fourth-order valence-electron chi connectivity index (χ4n) is 3.99. The standard InChI is InChI=1S/C25H24N4OS/c30-23(21-7-4-16-29(21)17-20-9-14-26-15-10-20)28-24-27-22(18-31-24)25(12-13-25)11-8-19-5-2-1-3-6-19/h1-7,9-10,14-16,18H,8,11-13,17H2,(H,27,28,30). The first-order valence-electron chi connectivity index (χ1n) is 10.6. The van der Waals surface area contributed by atoms with Gasteiger partial charge in [0.25, 0.3) is 5.91 Å². The molecule has 1 aliphatic rings. The van der Waals surface area contributed by atoms with Gasteiger partial charge in [-0.2, -0.15) is 0 Å². The minimum absolute atomic E-state index is 0.130. The topological polar surface area (TPSA) is 59.8 Å². The smallest absolute Gasteiger partial charge is 0.274 e. The second kappa shape index (κ2) is 8.47. The number of anilines is 1. The Morgan fingerprint density at radius 1 is 1.03 bits per heavy atom. The summed E-state index contributed by atoms with van der Waals surface area (Å²) in [4.78, 5) is 21.7. The molecule has 0 saturated heterocycles. The number of hydrogen-bond acceptors (Lipinski definition) is 4. The highest BCUT2D eigenvalue weighted by molar-refractivity contribution is 7.14. The molecule has 156 valence electrons. The molecule has 3 heterocycles. The number of benzene rings is 1. The van der Waals surface area contributed by atoms with Crippen molar-refractivity contribution in [2.24, 2.45) is 0 Å². The van der Waals surface area contributed by atoms with Crippen molar-refractivity contribution in [2.75, 3.05) is 5.32 Å². The second-order valence-electron chi connectivity index (χ2n) is 8.13. The van der Waals surface area contributed by atoms with E-state index in [1.807, 2.05) is 35.0 Å². The number of carbonyl (C=O) groups excluding carboxylic acids is 1. The molecule has 31 heavy (non-hydrogen) atoms. The summed E-state index contributed by atoms with van der Waals surface area (Å²) in [6.45, 7) is 0.629. The third-order valence-corrected chi connectivity index (χ3v) is 6.78. The van der Waals surface area contributed by atoms with Gasteiger partial charge in [0.05, 0.1) is 5.69 Å². The first kappa shape index (κ1) is 19.7. The molecule has 0 spiro atoms. The van der Waals surface area contributed by atoms with Gasteiger partial charge in [-0.25, -0.2) is 4.98 Å². The van der Waals surface area contributed by atoms with Crippen molar-refractivity contribution in [1.82, 2.24) is 14.5 Å². The fraction of sp³-hybridized carbons (Fsp3) is 0.240. The Labute approximate surface area is 185 Å². The summed E-state index contributed by atoms with van der Waals surface area (Å²) in [6, 6.07) is 18.3. The van der Waals surface area contributed by atoms with E-state index >= 15 is 0 Å². The lowest BCUT2D eigenvalue weighted by atomic mass is 9.94. The Morgan fingerprint density at radius 3 is 2.61 bits per heavy atom. The Kier molecular flexibility index (Phi) is 5.38. The van der Waals surface area contributed by atoms with E-state index in [4.69, 9.17) is 4.98 Å². The van der Waals surface area contributed by atoms with Gasteiger partial charge in [-0.05, 0) is 61.1 Å². The van der Waals surface area contributed by atoms with E-state index in [1.54, 1.807) is 12.4 Å². The molecule has 3 aromatic heterocycles. The third-order valence-electron chi connectivity index (χ3n) is 6.02. The van der Waals surface area contributed by atoms with Crippen LogP contribution in [0.5, 0.6) is 0 Å². The predicted molar refractivity (Wildman–Crippen MR) is 124 cm³/mol. The van der Waals surface area contributed by atoms with Gasteiger partial charge in [0.2, 0.25) is 0 Å². The van der Waals surface area contributed by atoms with Crippen LogP contribution in [-0.2, 0) is 18.4 Å². The summed E-state index contributed by atoms with van der Waals surface area (Å²) in [5.74, 6) is -0.130. The fourth-order valence-corrected chi connectivity index (χ4v) is 4.82. The number of pyridine rings is 1. The highest BCUT2D eigenvalue weighted by atomic mass is 32.1. The Balaban J connectivity index is 1.24. The number of aromatic nitrogens is 3.